The van der Waals surface area contributed by atoms with E-state index in [9.17, 15) is 52.5 Å². The summed E-state index contributed by atoms with van der Waals surface area (Å²) in [6, 6.07) is 32.2. The monoisotopic (exact) mass is 1570 g/mol. The Morgan fingerprint density at radius 2 is 0.856 bits per heavy atom. The average molecular weight is 1580 g/mol. The van der Waals surface area contributed by atoms with Crippen molar-refractivity contribution in [2.24, 2.45) is 0 Å². The van der Waals surface area contributed by atoms with Gasteiger partial charge in [0.2, 0.25) is 0 Å². The van der Waals surface area contributed by atoms with Crippen molar-refractivity contribution in [2.45, 2.75) is 140 Å². The van der Waals surface area contributed by atoms with E-state index in [0.717, 1.165) is 44.1 Å². The number of Topliss-reactive ketones (excluding diaryl/α,β-unsaturated/α-hetero) is 5. The zero-order valence-electron chi connectivity index (χ0n) is 61.5. The maximum atomic E-state index is 13.8. The number of carbonyl (C=O) groups excluding carboxylic acids is 5. The molecule has 3 atom stereocenters. The number of aromatic nitrogens is 3. The summed E-state index contributed by atoms with van der Waals surface area (Å²) in [5.41, 5.74) is 2.15. The van der Waals surface area contributed by atoms with Crippen LogP contribution in [0.1, 0.15) is 172 Å². The standard InChI is InChI=1S/C29H29ClFNO6.C28H25ClFNO6.C28H23ClFNO5/c1-28(34,11-10-22(33)16-5-9-23(24(13-16)36-3)38-18-6-7-18)25-14-19-27(37-15-29(19,2)35)26(32-25)17-4-8-21(31)20(30)12-17;1-28(34)14-36-27-18(28)13-21(31-26(27)16-3-7-20(30)19(29)11-16)23(33)9-8-22(32)15-4-10-24(25(12-15)35-2)37-17-5-6-17;1-15-14-35-28-19(15)13-22(31-27(28)17-3-7-21(30)20(29)11-17)24(33)9-8-23(32)16-4-10-25(26(12-16)34-2)36-18-5-6-18/h4-5,8-9,12-14,18,34-35H,6-7,10-11,15H2,1-3H3;3-4,7,10-13,17,34H,5-6,8-9,14H2,1-2H3;3-4,7,10-14,18H,5-6,8-9H2,1-2H3. The number of furan rings is 1. The summed E-state index contributed by atoms with van der Waals surface area (Å²) in [4.78, 5) is 78.6. The number of halogens is 6. The van der Waals surface area contributed by atoms with Gasteiger partial charge in [0.05, 0.1) is 66.7 Å². The Balaban J connectivity index is 0.000000146. The van der Waals surface area contributed by atoms with Crippen LogP contribution in [0.5, 0.6) is 46.0 Å². The van der Waals surface area contributed by atoms with E-state index < -0.39 is 34.3 Å². The molecule has 3 unspecified atom stereocenters. The SMILES string of the molecule is COc1cc(C(=O)CCC(=O)c2cc3c(C)coc3c(-c3ccc(F)c(Cl)c3)n2)ccc1OC1CC1.COc1cc(C(=O)CCC(=O)c2cc3c(c(-c4ccc(F)c(Cl)c4)n2)OCC3(C)O)ccc1OC1CC1.COc1cc(C(=O)CCC(C)(O)c2cc3c(c(-c4ccc(F)c(Cl)c4)n2)OCC3(C)O)ccc1OC1CC1. The first kappa shape index (κ1) is 78.7. The molecule has 0 amide bonds. The smallest absolute Gasteiger partial charge is 0.181 e. The first-order valence-corrected chi connectivity index (χ1v) is 37.1. The van der Waals surface area contributed by atoms with Crippen LogP contribution in [-0.2, 0) is 16.8 Å². The van der Waals surface area contributed by atoms with Crippen molar-refractivity contribution in [3.63, 3.8) is 0 Å². The second kappa shape index (κ2) is 32.5. The molecule has 15 rings (SSSR count). The van der Waals surface area contributed by atoms with E-state index in [2.05, 4.69) is 15.0 Å². The van der Waals surface area contributed by atoms with Crippen molar-refractivity contribution in [3.8, 4) is 79.8 Å². The lowest BCUT2D eigenvalue weighted by Crippen LogP contribution is -2.26. The van der Waals surface area contributed by atoms with Crippen LogP contribution < -0.4 is 37.9 Å². The van der Waals surface area contributed by atoms with Gasteiger partial charge >= 0.3 is 0 Å². The highest BCUT2D eigenvalue weighted by Crippen LogP contribution is 2.48. The fraction of sp³-hybridized carbons (Fsp3) is 0.318. The molecule has 20 nitrogen and oxygen atoms in total. The molecule has 3 saturated carbocycles. The summed E-state index contributed by atoms with van der Waals surface area (Å²) in [6.45, 7) is 6.57. The number of rotatable bonds is 27. The first-order chi connectivity index (χ1) is 53.0. The van der Waals surface area contributed by atoms with Crippen molar-refractivity contribution >= 4 is 74.7 Å². The molecule has 26 heteroatoms. The van der Waals surface area contributed by atoms with Gasteiger partial charge < -0.3 is 57.6 Å². The number of hydrogen-bond acceptors (Lipinski definition) is 20. The summed E-state index contributed by atoms with van der Waals surface area (Å²) < 4.78 is 91.9. The Kier molecular flexibility index (Phi) is 23.0. The van der Waals surface area contributed by atoms with Crippen LogP contribution in [-0.4, -0.2) is 112 Å². The molecule has 0 bridgehead atoms. The quantitative estimate of drug-likeness (QED) is 0.0404. The van der Waals surface area contributed by atoms with E-state index in [0.29, 0.717) is 113 Å². The molecule has 2 aliphatic heterocycles. The number of hydrogen-bond donors (Lipinski definition) is 3. The second-order valence-electron chi connectivity index (χ2n) is 28.6. The predicted octanol–water partition coefficient (Wildman–Crippen LogP) is 18.1. The van der Waals surface area contributed by atoms with Gasteiger partial charge in [-0.3, -0.25) is 24.0 Å². The van der Waals surface area contributed by atoms with E-state index in [1.54, 1.807) is 93.8 Å². The molecule has 6 aromatic carbocycles. The first-order valence-electron chi connectivity index (χ1n) is 36.0. The number of ketones is 5. The lowest BCUT2D eigenvalue weighted by Gasteiger charge is -2.25. The molecule has 3 N–H and O–H groups in total. The van der Waals surface area contributed by atoms with Gasteiger partial charge in [0.1, 0.15) is 75.9 Å². The van der Waals surface area contributed by atoms with Crippen LogP contribution in [0.4, 0.5) is 13.2 Å². The molecule has 3 fully saturated rings. The highest BCUT2D eigenvalue weighted by Gasteiger charge is 2.41. The number of aliphatic hydroxyl groups is 3. The van der Waals surface area contributed by atoms with Gasteiger partial charge in [0.15, 0.2) is 80.5 Å². The summed E-state index contributed by atoms with van der Waals surface area (Å²) in [6.07, 6.45) is 8.13. The topological polar surface area (TPSA) is 272 Å². The van der Waals surface area contributed by atoms with Gasteiger partial charge in [-0.25, -0.2) is 28.1 Å². The van der Waals surface area contributed by atoms with Gasteiger partial charge in [-0.1, -0.05) is 34.8 Å². The summed E-state index contributed by atoms with van der Waals surface area (Å²) in [7, 11) is 4.56. The van der Waals surface area contributed by atoms with E-state index in [4.69, 9.17) is 77.1 Å². The Bertz CT molecular complexity index is 5320. The number of benzene rings is 6. The Morgan fingerprint density at radius 3 is 1.26 bits per heavy atom. The normalized spacial score (nSPS) is 17.1. The maximum absolute atomic E-state index is 13.8. The maximum Gasteiger partial charge on any atom is 0.181 e. The summed E-state index contributed by atoms with van der Waals surface area (Å²) >= 11 is 17.9. The van der Waals surface area contributed by atoms with Crippen LogP contribution in [0.25, 0.3) is 44.7 Å². The minimum Gasteiger partial charge on any atom is -0.493 e. The van der Waals surface area contributed by atoms with E-state index in [1.807, 2.05) is 6.92 Å². The highest BCUT2D eigenvalue weighted by molar-refractivity contribution is 6.31. The van der Waals surface area contributed by atoms with Gasteiger partial charge in [-0.05, 0) is 206 Å². The largest absolute Gasteiger partial charge is 0.493 e. The number of fused-ring (bicyclic) bond motifs is 3. The number of ether oxygens (including phenoxy) is 8. The third-order valence-electron chi connectivity index (χ3n) is 19.5. The fourth-order valence-corrected chi connectivity index (χ4v) is 13.1. The minimum atomic E-state index is -1.53. The number of methoxy groups -OCH3 is 3. The predicted molar refractivity (Wildman–Crippen MR) is 407 cm³/mol. The number of aryl methyl sites for hydroxylation is 1. The molecule has 576 valence electrons. The minimum absolute atomic E-state index is 0.00168. The van der Waals surface area contributed by atoms with Crippen molar-refractivity contribution in [1.29, 1.82) is 0 Å². The van der Waals surface area contributed by atoms with Crippen LogP contribution in [0, 0.1) is 24.4 Å². The van der Waals surface area contributed by atoms with Crippen molar-refractivity contribution in [3.05, 3.63) is 217 Å². The van der Waals surface area contributed by atoms with E-state index in [1.165, 1.54) is 82.0 Å². The second-order valence-corrected chi connectivity index (χ2v) is 29.8. The van der Waals surface area contributed by atoms with E-state index >= 15 is 0 Å². The van der Waals surface area contributed by atoms with Crippen LogP contribution in [0.15, 0.2) is 138 Å². The van der Waals surface area contributed by atoms with Crippen LogP contribution in [0.2, 0.25) is 15.1 Å². The molecular weight excluding hydrogens is 1500 g/mol. The van der Waals surface area contributed by atoms with Gasteiger partial charge in [-0.2, -0.15) is 0 Å². The van der Waals surface area contributed by atoms with Crippen LogP contribution >= 0.6 is 34.8 Å². The van der Waals surface area contributed by atoms with Gasteiger partial charge in [-0.15, -0.1) is 0 Å². The average Bonchev–Trinajstić information content (AvgIpc) is 1.66. The molecule has 10 aromatic rings. The lowest BCUT2D eigenvalue weighted by atomic mass is 9.88. The molecule has 0 saturated heterocycles. The Morgan fingerprint density at radius 1 is 0.486 bits per heavy atom. The molecule has 4 aromatic heterocycles. The zero-order valence-corrected chi connectivity index (χ0v) is 63.8. The Labute approximate surface area is 651 Å². The van der Waals surface area contributed by atoms with Gasteiger partial charge in [0, 0.05) is 82.0 Å². The molecule has 6 heterocycles. The third-order valence-corrected chi connectivity index (χ3v) is 20.3. The molecule has 111 heavy (non-hydrogen) atoms. The van der Waals surface area contributed by atoms with Crippen molar-refractivity contribution < 1.29 is 94.8 Å². The number of nitrogens with zero attached hydrogens (tertiary/aromatic N) is 3. The lowest BCUT2D eigenvalue weighted by molar-refractivity contribution is 0.0323. The molecule has 0 radical (unpaired) electrons. The molecule has 0 spiro atoms. The Hall–Kier alpha value is -10.4. The molecule has 3 aliphatic carbocycles. The zero-order chi connectivity index (χ0) is 79.0. The molecule has 5 aliphatic rings. The third kappa shape index (κ3) is 18.0. The fourth-order valence-electron chi connectivity index (χ4n) is 12.5. The van der Waals surface area contributed by atoms with Crippen molar-refractivity contribution in [2.75, 3.05) is 34.5 Å². The van der Waals surface area contributed by atoms with Crippen LogP contribution in [0.3, 0.4) is 0 Å². The number of carbonyl (C=O) groups is 5. The summed E-state index contributed by atoms with van der Waals surface area (Å²) in [5, 5.41) is 33.6. The molecular formula is C85H77Cl3F3N3O17. The van der Waals surface area contributed by atoms with Crippen molar-refractivity contribution in [1.82, 2.24) is 15.0 Å². The van der Waals surface area contributed by atoms with E-state index in [-0.39, 0.29) is 137 Å². The number of pyridine rings is 3. The van der Waals surface area contributed by atoms with Gasteiger partial charge in [0.25, 0.3) is 0 Å². The summed E-state index contributed by atoms with van der Waals surface area (Å²) in [5.74, 6) is 0.890. The highest BCUT2D eigenvalue weighted by atomic mass is 35.5.